The number of hydrogen-bond acceptors (Lipinski definition) is 4. The Labute approximate surface area is 151 Å². The van der Waals surface area contributed by atoms with Crippen molar-refractivity contribution in [3.8, 4) is 5.69 Å². The fourth-order valence-corrected chi connectivity index (χ4v) is 4.68. The molecule has 1 amide bonds. The molecule has 0 N–H and O–H groups in total. The van der Waals surface area contributed by atoms with E-state index in [1.807, 2.05) is 10.6 Å². The number of rotatable bonds is 3. The minimum atomic E-state index is -0.448. The first-order valence-electron chi connectivity index (χ1n) is 9.16. The second-order valence-electron chi connectivity index (χ2n) is 7.78. The van der Waals surface area contributed by atoms with E-state index >= 15 is 0 Å². The molecule has 6 heteroatoms. The summed E-state index contributed by atoms with van der Waals surface area (Å²) in [5.74, 6) is 0.419. The van der Waals surface area contributed by atoms with Crippen molar-refractivity contribution in [1.82, 2.24) is 14.5 Å². The van der Waals surface area contributed by atoms with E-state index in [1.165, 1.54) is 24.8 Å². The molecular formula is C20H21N3O3. The molecule has 2 aromatic rings. The van der Waals surface area contributed by atoms with Crippen molar-refractivity contribution in [1.29, 1.82) is 0 Å². The summed E-state index contributed by atoms with van der Waals surface area (Å²) in [6.07, 6.45) is 5.37. The van der Waals surface area contributed by atoms with Crippen LogP contribution in [-0.4, -0.2) is 40.0 Å². The summed E-state index contributed by atoms with van der Waals surface area (Å²) in [5.41, 5.74) is 4.02. The molecule has 0 spiro atoms. The number of benzene rings is 1. The maximum atomic E-state index is 13.0. The summed E-state index contributed by atoms with van der Waals surface area (Å²) >= 11 is 0. The van der Waals surface area contributed by atoms with Crippen LogP contribution in [-0.2, 0) is 16.7 Å². The van der Waals surface area contributed by atoms with E-state index < -0.39 is 5.97 Å². The monoisotopic (exact) mass is 351 g/mol. The maximum absolute atomic E-state index is 13.0. The van der Waals surface area contributed by atoms with Gasteiger partial charge >= 0.3 is 5.97 Å². The molecule has 3 aliphatic carbocycles. The third-order valence-corrected chi connectivity index (χ3v) is 6.21. The smallest absolute Gasteiger partial charge is 0.358 e. The van der Waals surface area contributed by atoms with Crippen LogP contribution in [0.15, 0.2) is 24.5 Å². The van der Waals surface area contributed by atoms with Gasteiger partial charge in [0.2, 0.25) is 0 Å². The summed E-state index contributed by atoms with van der Waals surface area (Å²) in [7, 11) is 1.76. The van der Waals surface area contributed by atoms with E-state index in [0.717, 1.165) is 11.6 Å². The van der Waals surface area contributed by atoms with Crippen LogP contribution in [0.3, 0.4) is 0 Å². The van der Waals surface area contributed by atoms with Crippen molar-refractivity contribution in [3.05, 3.63) is 47.0 Å². The Hall–Kier alpha value is -2.63. The van der Waals surface area contributed by atoms with Gasteiger partial charge in [0.25, 0.3) is 5.91 Å². The molecular weight excluding hydrogens is 330 g/mol. The summed E-state index contributed by atoms with van der Waals surface area (Å²) < 4.78 is 6.97. The van der Waals surface area contributed by atoms with Gasteiger partial charge in [0.05, 0.1) is 30.1 Å². The second-order valence-corrected chi connectivity index (χ2v) is 7.78. The van der Waals surface area contributed by atoms with Gasteiger partial charge in [0.1, 0.15) is 6.33 Å². The fraction of sp³-hybridized carbons (Fsp3) is 0.450. The maximum Gasteiger partial charge on any atom is 0.358 e. The summed E-state index contributed by atoms with van der Waals surface area (Å²) in [6.45, 7) is 2.39. The zero-order valence-electron chi connectivity index (χ0n) is 15.0. The number of fused-ring (bicyclic) bond motifs is 3. The molecule has 1 aliphatic heterocycles. The normalized spacial score (nSPS) is 25.5. The van der Waals surface area contributed by atoms with Crippen molar-refractivity contribution in [2.75, 3.05) is 13.7 Å². The van der Waals surface area contributed by atoms with Gasteiger partial charge in [0, 0.05) is 7.05 Å². The average Bonchev–Trinajstić information content (AvgIpc) is 2.91. The highest BCUT2D eigenvalue weighted by molar-refractivity contribution is 5.99. The molecule has 3 saturated carbocycles. The molecule has 1 aromatic heterocycles. The zero-order chi connectivity index (χ0) is 18.1. The predicted molar refractivity (Wildman–Crippen MR) is 94.3 cm³/mol. The molecule has 0 radical (unpaired) electrons. The van der Waals surface area contributed by atoms with Crippen molar-refractivity contribution in [2.24, 2.45) is 5.92 Å². The Morgan fingerprint density at radius 3 is 2.77 bits per heavy atom. The van der Waals surface area contributed by atoms with Gasteiger partial charge in [-0.1, -0.05) is 6.07 Å². The van der Waals surface area contributed by atoms with Crippen LogP contribution in [0, 0.1) is 5.92 Å². The first-order valence-corrected chi connectivity index (χ1v) is 9.16. The van der Waals surface area contributed by atoms with Crippen molar-refractivity contribution in [3.63, 3.8) is 0 Å². The van der Waals surface area contributed by atoms with E-state index in [-0.39, 0.29) is 11.6 Å². The minimum absolute atomic E-state index is 0.0213. The van der Waals surface area contributed by atoms with Gasteiger partial charge in [-0.05, 0) is 55.2 Å². The molecule has 6 rings (SSSR count). The van der Waals surface area contributed by atoms with Crippen LogP contribution < -0.4 is 0 Å². The molecule has 6 nitrogen and oxygen atoms in total. The second kappa shape index (κ2) is 5.19. The quantitative estimate of drug-likeness (QED) is 0.798. The van der Waals surface area contributed by atoms with Crippen LogP contribution in [0.2, 0.25) is 0 Å². The van der Waals surface area contributed by atoms with Gasteiger partial charge in [-0.2, -0.15) is 0 Å². The Balaban J connectivity index is 1.63. The molecule has 0 saturated heterocycles. The highest BCUT2D eigenvalue weighted by Crippen LogP contribution is 2.65. The Morgan fingerprint density at radius 1 is 1.35 bits per heavy atom. The number of carbonyl (C=O) groups is 2. The van der Waals surface area contributed by atoms with Gasteiger partial charge in [0.15, 0.2) is 5.69 Å². The highest BCUT2D eigenvalue weighted by atomic mass is 16.5. The average molecular weight is 351 g/mol. The molecule has 2 bridgehead atoms. The van der Waals surface area contributed by atoms with E-state index in [9.17, 15) is 9.59 Å². The topological polar surface area (TPSA) is 64.4 Å². The number of esters is 1. The third kappa shape index (κ3) is 1.95. The Kier molecular flexibility index (Phi) is 3.12. The highest BCUT2D eigenvalue weighted by Gasteiger charge is 2.57. The van der Waals surface area contributed by atoms with E-state index in [0.29, 0.717) is 29.8 Å². The minimum Gasteiger partial charge on any atom is -0.461 e. The fourth-order valence-electron chi connectivity index (χ4n) is 4.68. The molecule has 3 fully saturated rings. The van der Waals surface area contributed by atoms with Crippen molar-refractivity contribution < 1.29 is 14.3 Å². The third-order valence-electron chi connectivity index (χ3n) is 6.21. The lowest BCUT2D eigenvalue weighted by atomic mass is 9.42. The van der Waals surface area contributed by atoms with Crippen LogP contribution in [0.1, 0.15) is 58.3 Å². The van der Waals surface area contributed by atoms with Gasteiger partial charge < -0.3 is 9.64 Å². The number of aromatic nitrogens is 2. The van der Waals surface area contributed by atoms with Crippen LogP contribution in [0.25, 0.3) is 5.69 Å². The van der Waals surface area contributed by atoms with Gasteiger partial charge in [-0.15, -0.1) is 0 Å². The zero-order valence-corrected chi connectivity index (χ0v) is 15.0. The first-order chi connectivity index (χ1) is 12.5. The summed E-state index contributed by atoms with van der Waals surface area (Å²) in [4.78, 5) is 31.1. The molecule has 134 valence electrons. The number of nitrogens with zero attached hydrogens (tertiary/aromatic N) is 3. The number of amides is 1. The largest absolute Gasteiger partial charge is 0.461 e. The summed E-state index contributed by atoms with van der Waals surface area (Å²) in [5, 5.41) is 0. The number of ether oxygens (including phenoxy) is 1. The number of carbonyl (C=O) groups excluding carboxylic acids is 2. The van der Waals surface area contributed by atoms with Crippen molar-refractivity contribution >= 4 is 11.9 Å². The summed E-state index contributed by atoms with van der Waals surface area (Å²) in [6, 6.07) is 6.20. The lowest BCUT2D eigenvalue weighted by molar-refractivity contribution is -0.0274. The van der Waals surface area contributed by atoms with Crippen molar-refractivity contribution in [2.45, 2.75) is 38.1 Å². The SMILES string of the molecule is CCOC(=O)c1ncn2c1CN(C)C(=O)c1cc(C34CC(C3)C4)ccc1-2. The standard InChI is InChI=1S/C20H21N3O3/c1-3-26-19(25)17-16-10-22(2)18(24)14-6-13(20-7-12(8-20)9-20)4-5-15(14)23(16)11-21-17/h4-6,11-12H,3,7-10H2,1-2H3. The molecule has 0 unspecified atom stereocenters. The molecule has 26 heavy (non-hydrogen) atoms. The molecule has 0 atom stereocenters. The first kappa shape index (κ1) is 15.6. The lowest BCUT2D eigenvalue weighted by Gasteiger charge is -2.62. The van der Waals surface area contributed by atoms with E-state index in [2.05, 4.69) is 17.1 Å². The van der Waals surface area contributed by atoms with E-state index in [4.69, 9.17) is 4.74 Å². The van der Waals surface area contributed by atoms with Gasteiger partial charge in [-0.25, -0.2) is 9.78 Å². The molecule has 1 aromatic carbocycles. The number of hydrogen-bond donors (Lipinski definition) is 0. The molecule has 2 heterocycles. The van der Waals surface area contributed by atoms with Crippen LogP contribution in [0.5, 0.6) is 0 Å². The molecule has 4 aliphatic rings. The Morgan fingerprint density at radius 2 is 2.12 bits per heavy atom. The van der Waals surface area contributed by atoms with Crippen LogP contribution >= 0.6 is 0 Å². The lowest BCUT2D eigenvalue weighted by Crippen LogP contribution is -2.55. The predicted octanol–water partition coefficient (Wildman–Crippen LogP) is 2.69. The van der Waals surface area contributed by atoms with Gasteiger partial charge in [-0.3, -0.25) is 9.36 Å². The number of imidazole rings is 1. The Bertz CT molecular complexity index is 929. The van der Waals surface area contributed by atoms with Crippen LogP contribution in [0.4, 0.5) is 0 Å². The van der Waals surface area contributed by atoms with E-state index in [1.54, 1.807) is 25.2 Å².